The van der Waals surface area contributed by atoms with E-state index in [1.54, 1.807) is 36.0 Å². The average molecular weight is 393 g/mol. The zero-order valence-electron chi connectivity index (χ0n) is 15.2. The summed E-state index contributed by atoms with van der Waals surface area (Å²) in [5, 5.41) is 2.87. The minimum absolute atomic E-state index is 0.204. The monoisotopic (exact) mass is 392 g/mol. The lowest BCUT2D eigenvalue weighted by molar-refractivity contribution is 0.0956. The molecule has 0 fully saturated rings. The highest BCUT2D eigenvalue weighted by Gasteiger charge is 2.13. The lowest BCUT2D eigenvalue weighted by Gasteiger charge is -2.17. The molecule has 0 saturated heterocycles. The Bertz CT molecular complexity index is 867. The maximum Gasteiger partial charge on any atom is 0.251 e. The number of sulfonamides is 1. The number of anilines is 1. The van der Waals surface area contributed by atoms with Crippen LogP contribution in [-0.4, -0.2) is 39.9 Å². The number of nitrogens with zero attached hydrogens (tertiary/aromatic N) is 1. The second-order valence-corrected chi connectivity index (χ2v) is 9.20. The summed E-state index contributed by atoms with van der Waals surface area (Å²) in [5.41, 5.74) is 3.43. The highest BCUT2D eigenvalue weighted by atomic mass is 32.2. The zero-order valence-corrected chi connectivity index (χ0v) is 16.9. The van der Waals surface area contributed by atoms with Gasteiger partial charge < -0.3 is 5.32 Å². The molecule has 1 N–H and O–H groups in total. The minimum atomic E-state index is -3.35. The number of carbonyl (C=O) groups is 1. The van der Waals surface area contributed by atoms with Gasteiger partial charge in [-0.25, -0.2) is 8.42 Å². The number of carbonyl (C=O) groups excluding carboxylic acids is 1. The number of hydrogen-bond donors (Lipinski definition) is 1. The normalized spacial score (nSPS) is 11.2. The third-order valence-electron chi connectivity index (χ3n) is 3.85. The van der Waals surface area contributed by atoms with Crippen molar-refractivity contribution in [2.45, 2.75) is 12.7 Å². The van der Waals surface area contributed by atoms with E-state index >= 15 is 0 Å². The molecule has 1 amide bonds. The molecule has 2 aromatic carbocycles. The summed E-state index contributed by atoms with van der Waals surface area (Å²) in [6.45, 7) is 2.63. The summed E-state index contributed by atoms with van der Waals surface area (Å²) in [7, 11) is -1.89. The second kappa shape index (κ2) is 9.09. The van der Waals surface area contributed by atoms with Crippen molar-refractivity contribution in [3.8, 4) is 0 Å². The molecule has 0 aromatic heterocycles. The van der Waals surface area contributed by atoms with E-state index in [2.05, 4.69) is 30.4 Å². The minimum Gasteiger partial charge on any atom is -0.351 e. The predicted octanol–water partition coefficient (Wildman–Crippen LogP) is 3.05. The van der Waals surface area contributed by atoms with Gasteiger partial charge in [0.2, 0.25) is 10.0 Å². The maximum atomic E-state index is 12.3. The Morgan fingerprint density at radius 1 is 1.15 bits per heavy atom. The topological polar surface area (TPSA) is 66.5 Å². The van der Waals surface area contributed by atoms with E-state index in [-0.39, 0.29) is 5.91 Å². The van der Waals surface area contributed by atoms with Gasteiger partial charge in [-0.05, 0) is 30.7 Å². The molecule has 0 unspecified atom stereocenters. The van der Waals surface area contributed by atoms with E-state index in [0.29, 0.717) is 17.8 Å². The van der Waals surface area contributed by atoms with Crippen LogP contribution in [0.5, 0.6) is 0 Å². The third-order valence-corrected chi connectivity index (χ3v) is 6.09. The molecule has 0 radical (unpaired) electrons. The average Bonchev–Trinajstić information content (AvgIpc) is 2.60. The van der Waals surface area contributed by atoms with Gasteiger partial charge in [-0.2, -0.15) is 11.8 Å². The highest BCUT2D eigenvalue weighted by molar-refractivity contribution is 7.98. The van der Waals surface area contributed by atoms with Crippen molar-refractivity contribution >= 4 is 33.4 Å². The Kier molecular flexibility index (Phi) is 7.11. The van der Waals surface area contributed by atoms with Gasteiger partial charge in [-0.3, -0.25) is 9.10 Å². The van der Waals surface area contributed by atoms with E-state index in [4.69, 9.17) is 0 Å². The van der Waals surface area contributed by atoms with Crippen LogP contribution in [-0.2, 0) is 15.8 Å². The Morgan fingerprint density at radius 3 is 2.58 bits per heavy atom. The van der Waals surface area contributed by atoms with Crippen LogP contribution < -0.4 is 9.62 Å². The van der Waals surface area contributed by atoms with Crippen molar-refractivity contribution in [1.29, 1.82) is 0 Å². The maximum absolute atomic E-state index is 12.3. The molecule has 2 aromatic rings. The van der Waals surface area contributed by atoms with E-state index in [1.807, 2.05) is 6.07 Å². The first-order chi connectivity index (χ1) is 12.3. The van der Waals surface area contributed by atoms with Crippen LogP contribution in [0.3, 0.4) is 0 Å². The Balaban J connectivity index is 1.83. The van der Waals surface area contributed by atoms with Crippen LogP contribution in [0.1, 0.15) is 21.5 Å². The number of rotatable bonds is 8. The van der Waals surface area contributed by atoms with Gasteiger partial charge in [0.25, 0.3) is 5.91 Å². The number of hydrogen-bond acceptors (Lipinski definition) is 4. The van der Waals surface area contributed by atoms with E-state index in [1.165, 1.54) is 18.2 Å². The van der Waals surface area contributed by atoms with Gasteiger partial charge in [0.15, 0.2) is 0 Å². The number of amides is 1. The molecule has 0 atom stereocenters. The smallest absolute Gasteiger partial charge is 0.251 e. The molecule has 0 bridgehead atoms. The van der Waals surface area contributed by atoms with Gasteiger partial charge in [-0.1, -0.05) is 35.9 Å². The van der Waals surface area contributed by atoms with E-state index in [0.717, 1.165) is 22.1 Å². The summed E-state index contributed by atoms with van der Waals surface area (Å²) < 4.78 is 24.4. The van der Waals surface area contributed by atoms with Crippen molar-refractivity contribution in [3.63, 3.8) is 0 Å². The summed E-state index contributed by atoms with van der Waals surface area (Å²) in [6.07, 6.45) is 1.13. The van der Waals surface area contributed by atoms with Crippen LogP contribution >= 0.6 is 11.8 Å². The molecule has 5 nitrogen and oxygen atoms in total. The van der Waals surface area contributed by atoms with Gasteiger partial charge in [0.1, 0.15) is 0 Å². The molecule has 0 aliphatic rings. The Labute approximate surface area is 159 Å². The number of thioether (sulfide) groups is 1. The second-order valence-electron chi connectivity index (χ2n) is 6.08. The molecular formula is C19H24N2O3S2. The fraction of sp³-hybridized carbons (Fsp3) is 0.316. The van der Waals surface area contributed by atoms with Crippen LogP contribution in [0.25, 0.3) is 0 Å². The number of benzene rings is 2. The lowest BCUT2D eigenvalue weighted by Crippen LogP contribution is -2.27. The number of nitrogens with one attached hydrogen (secondary N) is 1. The first kappa shape index (κ1) is 20.3. The van der Waals surface area contributed by atoms with Crippen molar-refractivity contribution in [1.82, 2.24) is 5.32 Å². The molecule has 2 rings (SSSR count). The molecule has 0 spiro atoms. The molecule has 26 heavy (non-hydrogen) atoms. The molecular weight excluding hydrogens is 368 g/mol. The quantitative estimate of drug-likeness (QED) is 0.701. The standard InChI is InChI=1S/C19H24N2O3S2/c1-15-6-4-7-16(12-15)14-25-11-10-20-19(22)17-8-5-9-18(13-17)21(2)26(3,23)24/h4-9,12-13H,10-11,14H2,1-3H3,(H,20,22). The molecule has 0 heterocycles. The van der Waals surface area contributed by atoms with Crippen LogP contribution in [0.15, 0.2) is 48.5 Å². The van der Waals surface area contributed by atoms with Crippen molar-refractivity contribution in [3.05, 3.63) is 65.2 Å². The van der Waals surface area contributed by atoms with Gasteiger partial charge >= 0.3 is 0 Å². The SMILES string of the molecule is Cc1cccc(CSCCNC(=O)c2cccc(N(C)S(C)(=O)=O)c2)c1. The van der Waals surface area contributed by atoms with Crippen molar-refractivity contribution in [2.24, 2.45) is 0 Å². The highest BCUT2D eigenvalue weighted by Crippen LogP contribution is 2.17. The predicted molar refractivity (Wildman–Crippen MR) is 109 cm³/mol. The van der Waals surface area contributed by atoms with Gasteiger partial charge in [0, 0.05) is 30.7 Å². The summed E-state index contributed by atoms with van der Waals surface area (Å²) in [5.74, 6) is 1.51. The fourth-order valence-electron chi connectivity index (χ4n) is 2.37. The number of aryl methyl sites for hydroxylation is 1. The van der Waals surface area contributed by atoms with Crippen molar-refractivity contribution < 1.29 is 13.2 Å². The van der Waals surface area contributed by atoms with E-state index < -0.39 is 10.0 Å². The Morgan fingerprint density at radius 2 is 1.88 bits per heavy atom. The van der Waals surface area contributed by atoms with Crippen LogP contribution in [0, 0.1) is 6.92 Å². The molecule has 0 aliphatic heterocycles. The van der Waals surface area contributed by atoms with Crippen LogP contribution in [0.2, 0.25) is 0 Å². The summed E-state index contributed by atoms with van der Waals surface area (Å²) in [4.78, 5) is 12.3. The first-order valence-electron chi connectivity index (χ1n) is 8.23. The third kappa shape index (κ3) is 6.07. The van der Waals surface area contributed by atoms with Crippen LogP contribution in [0.4, 0.5) is 5.69 Å². The van der Waals surface area contributed by atoms with E-state index in [9.17, 15) is 13.2 Å². The largest absolute Gasteiger partial charge is 0.351 e. The zero-order chi connectivity index (χ0) is 19.2. The van der Waals surface area contributed by atoms with Crippen molar-refractivity contribution in [2.75, 3.05) is 29.9 Å². The summed E-state index contributed by atoms with van der Waals surface area (Å²) in [6, 6.07) is 15.0. The van der Waals surface area contributed by atoms with Gasteiger partial charge in [-0.15, -0.1) is 0 Å². The Hall–Kier alpha value is -1.99. The molecule has 140 valence electrons. The molecule has 0 saturated carbocycles. The first-order valence-corrected chi connectivity index (χ1v) is 11.2. The fourth-order valence-corrected chi connectivity index (χ4v) is 3.67. The summed E-state index contributed by atoms with van der Waals surface area (Å²) >= 11 is 1.76. The van der Waals surface area contributed by atoms with Gasteiger partial charge in [0.05, 0.1) is 11.9 Å². The molecule has 0 aliphatic carbocycles. The lowest BCUT2D eigenvalue weighted by atomic mass is 10.2. The molecule has 7 heteroatoms.